The molecule has 1 aliphatic rings. The van der Waals surface area contributed by atoms with Gasteiger partial charge in [-0.25, -0.2) is 4.79 Å². The van der Waals surface area contributed by atoms with Crippen LogP contribution in [0.25, 0.3) is 0 Å². The van der Waals surface area contributed by atoms with Gasteiger partial charge in [0.15, 0.2) is 6.23 Å². The highest BCUT2D eigenvalue weighted by Gasteiger charge is 2.39. The Kier molecular flexibility index (Phi) is 4.32. The molecule has 1 saturated heterocycles. The molecule has 0 saturated carbocycles. The Hall–Kier alpha value is -1.59. The molecule has 0 unspecified atom stereocenters. The summed E-state index contributed by atoms with van der Waals surface area (Å²) < 4.78 is 4.61. The van der Waals surface area contributed by atoms with Crippen LogP contribution in [0, 0.1) is 5.41 Å². The van der Waals surface area contributed by atoms with Crippen molar-refractivity contribution in [3.05, 3.63) is 0 Å². The van der Waals surface area contributed by atoms with Gasteiger partial charge < -0.3 is 14.7 Å². The molecule has 1 heterocycles. The maximum Gasteiger partial charge on any atom is 0.507 e. The first-order chi connectivity index (χ1) is 8.29. The Bertz CT molecular complexity index is 363. The second-order valence-corrected chi connectivity index (χ2v) is 5.05. The van der Waals surface area contributed by atoms with Gasteiger partial charge >= 0.3 is 6.16 Å². The number of hydrogen-bond donors (Lipinski definition) is 1. The fourth-order valence-corrected chi connectivity index (χ4v) is 1.79. The Morgan fingerprint density at radius 1 is 1.39 bits per heavy atom. The average molecular weight is 257 g/mol. The standard InChI is InChI=1S/C12H19NO5/c1-4-12(2,3)9(14)10(15)13-7-5-6-8(13)18-11(16)17/h8H,4-7H2,1-3H3,(H,16,17)/t8-/m0/s1. The van der Waals surface area contributed by atoms with Crippen molar-refractivity contribution in [2.24, 2.45) is 5.41 Å². The van der Waals surface area contributed by atoms with E-state index >= 15 is 0 Å². The number of ether oxygens (including phenoxy) is 1. The number of nitrogens with zero attached hydrogens (tertiary/aromatic N) is 1. The summed E-state index contributed by atoms with van der Waals surface area (Å²) in [6.07, 6.45) is -0.620. The smallest absolute Gasteiger partial charge is 0.450 e. The second-order valence-electron chi connectivity index (χ2n) is 5.05. The van der Waals surface area contributed by atoms with Gasteiger partial charge in [-0.15, -0.1) is 0 Å². The molecule has 1 rings (SSSR count). The van der Waals surface area contributed by atoms with E-state index in [1.807, 2.05) is 6.92 Å². The Morgan fingerprint density at radius 3 is 2.50 bits per heavy atom. The lowest BCUT2D eigenvalue weighted by Crippen LogP contribution is -2.46. The number of carboxylic acid groups (broad SMARTS) is 1. The quantitative estimate of drug-likeness (QED) is 0.611. The van der Waals surface area contributed by atoms with Crippen molar-refractivity contribution in [3.63, 3.8) is 0 Å². The first kappa shape index (κ1) is 14.5. The van der Waals surface area contributed by atoms with E-state index in [1.165, 1.54) is 4.90 Å². The zero-order valence-electron chi connectivity index (χ0n) is 10.9. The van der Waals surface area contributed by atoms with Crippen LogP contribution in [0.4, 0.5) is 4.79 Å². The molecule has 1 aliphatic heterocycles. The summed E-state index contributed by atoms with van der Waals surface area (Å²) >= 11 is 0. The molecule has 1 fully saturated rings. The molecule has 18 heavy (non-hydrogen) atoms. The van der Waals surface area contributed by atoms with E-state index in [1.54, 1.807) is 13.8 Å². The zero-order valence-corrected chi connectivity index (χ0v) is 10.9. The molecule has 0 aliphatic carbocycles. The van der Waals surface area contributed by atoms with E-state index in [9.17, 15) is 14.4 Å². The van der Waals surface area contributed by atoms with Gasteiger partial charge in [0.1, 0.15) is 0 Å². The van der Waals surface area contributed by atoms with E-state index in [0.717, 1.165) is 0 Å². The van der Waals surface area contributed by atoms with Crippen molar-refractivity contribution in [2.45, 2.75) is 46.3 Å². The van der Waals surface area contributed by atoms with E-state index in [0.29, 0.717) is 25.8 Å². The Morgan fingerprint density at radius 2 is 2.00 bits per heavy atom. The highest BCUT2D eigenvalue weighted by atomic mass is 16.7. The first-order valence-corrected chi connectivity index (χ1v) is 6.04. The van der Waals surface area contributed by atoms with Gasteiger partial charge in [-0.3, -0.25) is 9.59 Å². The van der Waals surface area contributed by atoms with Crippen molar-refractivity contribution >= 4 is 17.8 Å². The number of likely N-dealkylation sites (tertiary alicyclic amines) is 1. The van der Waals surface area contributed by atoms with E-state index < -0.39 is 29.5 Å². The van der Waals surface area contributed by atoms with Gasteiger partial charge in [0.25, 0.3) is 5.91 Å². The highest BCUT2D eigenvalue weighted by Crippen LogP contribution is 2.25. The molecule has 0 aromatic rings. The second kappa shape index (κ2) is 5.37. The topological polar surface area (TPSA) is 83.9 Å². The summed E-state index contributed by atoms with van der Waals surface area (Å²) in [5.74, 6) is -1.14. The third kappa shape index (κ3) is 3.00. The Labute approximate surface area is 106 Å². The summed E-state index contributed by atoms with van der Waals surface area (Å²) in [5.41, 5.74) is -0.729. The van der Waals surface area contributed by atoms with Crippen LogP contribution in [0.3, 0.4) is 0 Å². The zero-order chi connectivity index (χ0) is 13.9. The number of ketones is 1. The van der Waals surface area contributed by atoms with Crippen molar-refractivity contribution in [2.75, 3.05) is 6.54 Å². The van der Waals surface area contributed by atoms with Crippen LogP contribution in [-0.2, 0) is 14.3 Å². The van der Waals surface area contributed by atoms with Crippen molar-refractivity contribution in [1.82, 2.24) is 4.90 Å². The molecule has 1 N–H and O–H groups in total. The molecular weight excluding hydrogens is 238 g/mol. The number of carbonyl (C=O) groups is 3. The number of amides is 1. The molecule has 0 bridgehead atoms. The summed E-state index contributed by atoms with van der Waals surface area (Å²) in [7, 11) is 0. The SMILES string of the molecule is CCC(C)(C)C(=O)C(=O)N1CCC[C@@H]1OC(=O)O. The summed E-state index contributed by atoms with van der Waals surface area (Å²) in [6, 6.07) is 0. The fraction of sp³-hybridized carbons (Fsp3) is 0.750. The van der Waals surface area contributed by atoms with Gasteiger partial charge in [-0.1, -0.05) is 20.8 Å². The predicted octanol–water partition coefficient (Wildman–Crippen LogP) is 1.63. The lowest BCUT2D eigenvalue weighted by Gasteiger charge is -2.27. The summed E-state index contributed by atoms with van der Waals surface area (Å²) in [5, 5.41) is 8.57. The van der Waals surface area contributed by atoms with Crippen LogP contribution < -0.4 is 0 Å². The largest absolute Gasteiger partial charge is 0.507 e. The normalized spacial score (nSPS) is 19.7. The van der Waals surface area contributed by atoms with Crippen LogP contribution in [-0.4, -0.2) is 40.6 Å². The van der Waals surface area contributed by atoms with Gasteiger partial charge in [-0.05, 0) is 12.8 Å². The lowest BCUT2D eigenvalue weighted by atomic mass is 9.84. The van der Waals surface area contributed by atoms with E-state index in [-0.39, 0.29) is 0 Å². The molecular formula is C12H19NO5. The minimum absolute atomic E-state index is 0.363. The predicted molar refractivity (Wildman–Crippen MR) is 62.9 cm³/mol. The van der Waals surface area contributed by atoms with Crippen molar-refractivity contribution in [1.29, 1.82) is 0 Å². The molecule has 6 nitrogen and oxygen atoms in total. The van der Waals surface area contributed by atoms with Gasteiger partial charge in [0, 0.05) is 18.4 Å². The Balaban J connectivity index is 2.77. The van der Waals surface area contributed by atoms with Crippen LogP contribution in [0.2, 0.25) is 0 Å². The average Bonchev–Trinajstić information content (AvgIpc) is 2.74. The van der Waals surface area contributed by atoms with E-state index in [2.05, 4.69) is 4.74 Å². The van der Waals surface area contributed by atoms with Gasteiger partial charge in [-0.2, -0.15) is 0 Å². The molecule has 0 aromatic carbocycles. The van der Waals surface area contributed by atoms with Crippen molar-refractivity contribution in [3.8, 4) is 0 Å². The van der Waals surface area contributed by atoms with Crippen LogP contribution in [0.5, 0.6) is 0 Å². The van der Waals surface area contributed by atoms with Crippen molar-refractivity contribution < 1.29 is 24.2 Å². The number of rotatable bonds is 4. The van der Waals surface area contributed by atoms with Crippen LogP contribution in [0.15, 0.2) is 0 Å². The summed E-state index contributed by atoms with van der Waals surface area (Å²) in [4.78, 5) is 35.8. The molecule has 0 spiro atoms. The third-order valence-electron chi connectivity index (χ3n) is 3.39. The maximum atomic E-state index is 12.0. The lowest BCUT2D eigenvalue weighted by molar-refractivity contribution is -0.154. The molecule has 1 amide bonds. The number of hydrogen-bond acceptors (Lipinski definition) is 4. The highest BCUT2D eigenvalue weighted by molar-refractivity contribution is 6.38. The molecule has 6 heteroatoms. The molecule has 102 valence electrons. The van der Waals surface area contributed by atoms with Gasteiger partial charge in [0.05, 0.1) is 0 Å². The molecule has 0 aromatic heterocycles. The van der Waals surface area contributed by atoms with E-state index in [4.69, 9.17) is 5.11 Å². The molecule has 1 atom stereocenters. The molecule has 0 radical (unpaired) electrons. The number of Topliss-reactive ketones (excluding diaryl/α,β-unsaturated/α-hetero) is 1. The van der Waals surface area contributed by atoms with Gasteiger partial charge in [0.2, 0.25) is 5.78 Å². The van der Waals surface area contributed by atoms with Crippen LogP contribution in [0.1, 0.15) is 40.0 Å². The minimum atomic E-state index is -1.43. The third-order valence-corrected chi connectivity index (χ3v) is 3.39. The summed E-state index contributed by atoms with van der Waals surface area (Å²) in [6.45, 7) is 5.61. The monoisotopic (exact) mass is 257 g/mol. The maximum absolute atomic E-state index is 12.0. The minimum Gasteiger partial charge on any atom is -0.450 e. The van der Waals surface area contributed by atoms with Crippen LogP contribution >= 0.6 is 0 Å². The fourth-order valence-electron chi connectivity index (χ4n) is 1.79. The first-order valence-electron chi connectivity index (χ1n) is 6.04. The number of carbonyl (C=O) groups excluding carboxylic acids is 2.